The minimum atomic E-state index is 1.17. The van der Waals surface area contributed by atoms with E-state index in [0.717, 1.165) is 0 Å². The van der Waals surface area contributed by atoms with Crippen LogP contribution in [-0.4, -0.2) is 13.1 Å². The lowest BCUT2D eigenvalue weighted by Crippen LogP contribution is -2.80. The normalized spacial score (nSPS) is 22.3. The van der Waals surface area contributed by atoms with Gasteiger partial charge < -0.3 is 5.32 Å². The van der Waals surface area contributed by atoms with E-state index in [2.05, 4.69) is 11.9 Å². The first-order chi connectivity index (χ1) is 2.89. The predicted octanol–water partition coefficient (Wildman–Crippen LogP) is -0.490. The van der Waals surface area contributed by atoms with Crippen molar-refractivity contribution in [3.63, 3.8) is 0 Å². The van der Waals surface area contributed by atoms with Crippen molar-refractivity contribution in [2.24, 2.45) is 0 Å². The quantitative estimate of drug-likeness (QED) is 0.381. The highest BCUT2D eigenvalue weighted by atomic mass is 14.9. The number of nitrogens with two attached hydrogens (primary N) is 1. The Morgan fingerprint density at radius 1 is 1.67 bits per heavy atom. The summed E-state index contributed by atoms with van der Waals surface area (Å²) in [6.45, 7) is 6.25. The van der Waals surface area contributed by atoms with Gasteiger partial charge in [0.1, 0.15) is 0 Å². The third kappa shape index (κ3) is 0.601. The maximum atomic E-state index is 3.82. The summed E-state index contributed by atoms with van der Waals surface area (Å²) in [4.78, 5) is 0. The molecule has 0 radical (unpaired) electrons. The van der Waals surface area contributed by atoms with E-state index in [-0.39, 0.29) is 0 Å². The topological polar surface area (TPSA) is 16.6 Å². The lowest BCUT2D eigenvalue weighted by Gasteiger charge is -1.76. The molecule has 1 rings (SSSR count). The monoisotopic (exact) mass is 84.1 g/mol. The van der Waals surface area contributed by atoms with Gasteiger partial charge in [-0.25, -0.2) is 0 Å². The van der Waals surface area contributed by atoms with Gasteiger partial charge in [0, 0.05) is 6.42 Å². The molecule has 1 aliphatic rings. The number of rotatable bonds is 0. The average molecular weight is 84.1 g/mol. The van der Waals surface area contributed by atoms with Crippen molar-refractivity contribution in [2.75, 3.05) is 13.1 Å². The third-order valence-electron chi connectivity index (χ3n) is 1.14. The first-order valence-electron chi connectivity index (χ1n) is 2.38. The molecule has 1 aliphatic heterocycles. The molecule has 1 nitrogen and oxygen atoms in total. The van der Waals surface area contributed by atoms with Crippen molar-refractivity contribution >= 4 is 0 Å². The van der Waals surface area contributed by atoms with Gasteiger partial charge in [0.05, 0.1) is 13.1 Å². The molecule has 2 N–H and O–H groups in total. The Balaban J connectivity index is 2.37. The highest BCUT2D eigenvalue weighted by Gasteiger charge is 2.03. The molecule has 1 fully saturated rings. The van der Waals surface area contributed by atoms with E-state index in [1.807, 2.05) is 0 Å². The number of quaternary nitrogens is 1. The molecule has 34 valence electrons. The fraction of sp³-hybridized carbons (Fsp3) is 0.600. The standard InChI is InChI=1S/C5H9N/c1-5-2-3-6-4-5/h6H,1-4H2/p+1. The van der Waals surface area contributed by atoms with Crippen LogP contribution < -0.4 is 5.32 Å². The predicted molar refractivity (Wildman–Crippen MR) is 25.4 cm³/mol. The van der Waals surface area contributed by atoms with E-state index >= 15 is 0 Å². The fourth-order valence-electron chi connectivity index (χ4n) is 0.714. The van der Waals surface area contributed by atoms with Crippen LogP contribution in [0, 0.1) is 0 Å². The third-order valence-corrected chi connectivity index (χ3v) is 1.14. The van der Waals surface area contributed by atoms with E-state index in [1.165, 1.54) is 25.1 Å². The SMILES string of the molecule is C=C1CC[NH2+]C1. The number of hydrogen-bond donors (Lipinski definition) is 1. The van der Waals surface area contributed by atoms with Crippen molar-refractivity contribution in [1.29, 1.82) is 0 Å². The molecular weight excluding hydrogens is 74.1 g/mol. The van der Waals surface area contributed by atoms with E-state index in [9.17, 15) is 0 Å². The van der Waals surface area contributed by atoms with Gasteiger partial charge in [0.25, 0.3) is 0 Å². The van der Waals surface area contributed by atoms with Gasteiger partial charge in [-0.2, -0.15) is 0 Å². The minimum absolute atomic E-state index is 1.17. The highest BCUT2D eigenvalue weighted by molar-refractivity contribution is 4.95. The van der Waals surface area contributed by atoms with Gasteiger partial charge in [0.2, 0.25) is 0 Å². The first-order valence-corrected chi connectivity index (χ1v) is 2.38. The Hall–Kier alpha value is -0.300. The van der Waals surface area contributed by atoms with Crippen LogP contribution in [-0.2, 0) is 0 Å². The van der Waals surface area contributed by atoms with Gasteiger partial charge in [0.15, 0.2) is 0 Å². The Labute approximate surface area is 38.1 Å². The highest BCUT2D eigenvalue weighted by Crippen LogP contribution is 1.92. The maximum absolute atomic E-state index is 3.82. The second-order valence-electron chi connectivity index (χ2n) is 1.78. The van der Waals surface area contributed by atoms with Crippen LogP contribution in [0.15, 0.2) is 12.2 Å². The van der Waals surface area contributed by atoms with Crippen LogP contribution in [0.1, 0.15) is 6.42 Å². The fourth-order valence-corrected chi connectivity index (χ4v) is 0.714. The molecule has 0 aromatic carbocycles. The molecule has 1 heterocycles. The van der Waals surface area contributed by atoms with Crippen molar-refractivity contribution in [2.45, 2.75) is 6.42 Å². The Morgan fingerprint density at radius 3 is 2.67 bits per heavy atom. The second kappa shape index (κ2) is 1.43. The summed E-state index contributed by atoms with van der Waals surface area (Å²) in [5.74, 6) is 0. The summed E-state index contributed by atoms with van der Waals surface area (Å²) in [6, 6.07) is 0. The van der Waals surface area contributed by atoms with Gasteiger partial charge >= 0.3 is 0 Å². The molecule has 0 aromatic heterocycles. The molecule has 0 bridgehead atoms. The van der Waals surface area contributed by atoms with Crippen molar-refractivity contribution < 1.29 is 5.32 Å². The zero-order valence-electron chi connectivity index (χ0n) is 3.91. The smallest absolute Gasteiger partial charge is 0.0971 e. The molecule has 1 heteroatoms. The molecule has 0 atom stereocenters. The summed E-state index contributed by atoms with van der Waals surface area (Å²) in [6.07, 6.45) is 1.24. The summed E-state index contributed by atoms with van der Waals surface area (Å²) in [7, 11) is 0. The zero-order valence-corrected chi connectivity index (χ0v) is 3.91. The second-order valence-corrected chi connectivity index (χ2v) is 1.78. The Kier molecular flexibility index (Phi) is 0.926. The average Bonchev–Trinajstić information content (AvgIpc) is 1.86. The molecule has 0 spiro atoms. The molecule has 0 amide bonds. The summed E-state index contributed by atoms with van der Waals surface area (Å²) in [5, 5.41) is 2.28. The zero-order chi connectivity index (χ0) is 4.41. The largest absolute Gasteiger partial charge is 0.343 e. The van der Waals surface area contributed by atoms with Crippen molar-refractivity contribution in [3.05, 3.63) is 12.2 Å². The van der Waals surface area contributed by atoms with E-state index in [1.54, 1.807) is 0 Å². The summed E-state index contributed by atoms with van der Waals surface area (Å²) < 4.78 is 0. The minimum Gasteiger partial charge on any atom is -0.343 e. The van der Waals surface area contributed by atoms with Crippen LogP contribution in [0.25, 0.3) is 0 Å². The molecule has 1 saturated heterocycles. The molecule has 0 aromatic rings. The van der Waals surface area contributed by atoms with E-state index in [0.29, 0.717) is 0 Å². The van der Waals surface area contributed by atoms with Gasteiger partial charge in [-0.05, 0) is 5.57 Å². The van der Waals surface area contributed by atoms with Gasteiger partial charge in [-0.3, -0.25) is 0 Å². The van der Waals surface area contributed by atoms with Crippen LogP contribution in [0.2, 0.25) is 0 Å². The van der Waals surface area contributed by atoms with Crippen molar-refractivity contribution in [1.82, 2.24) is 0 Å². The molecule has 0 unspecified atom stereocenters. The lowest BCUT2D eigenvalue weighted by molar-refractivity contribution is -0.632. The van der Waals surface area contributed by atoms with Crippen LogP contribution in [0.5, 0.6) is 0 Å². The molecule has 0 saturated carbocycles. The molecular formula is C5H10N+. The molecule has 6 heavy (non-hydrogen) atoms. The number of hydrogen-bond acceptors (Lipinski definition) is 0. The van der Waals surface area contributed by atoms with E-state index in [4.69, 9.17) is 0 Å². The molecule has 0 aliphatic carbocycles. The van der Waals surface area contributed by atoms with E-state index < -0.39 is 0 Å². The van der Waals surface area contributed by atoms with Gasteiger partial charge in [-0.1, -0.05) is 6.58 Å². The van der Waals surface area contributed by atoms with Crippen LogP contribution in [0.3, 0.4) is 0 Å². The van der Waals surface area contributed by atoms with Crippen LogP contribution >= 0.6 is 0 Å². The maximum Gasteiger partial charge on any atom is 0.0971 e. The van der Waals surface area contributed by atoms with Crippen LogP contribution in [0.4, 0.5) is 0 Å². The lowest BCUT2D eigenvalue weighted by atomic mass is 10.3. The first kappa shape index (κ1) is 3.88. The summed E-state index contributed by atoms with van der Waals surface area (Å²) >= 11 is 0. The van der Waals surface area contributed by atoms with Crippen molar-refractivity contribution in [3.8, 4) is 0 Å². The Morgan fingerprint density at radius 2 is 2.50 bits per heavy atom. The Bertz CT molecular complexity index is 58.3. The summed E-state index contributed by atoms with van der Waals surface area (Å²) in [5.41, 5.74) is 1.40. The van der Waals surface area contributed by atoms with Gasteiger partial charge in [-0.15, -0.1) is 0 Å².